The highest BCUT2D eigenvalue weighted by Gasteiger charge is 2.85. The van der Waals surface area contributed by atoms with Crippen LogP contribution in [0.5, 0.6) is 0 Å². The Morgan fingerprint density at radius 1 is 0.870 bits per heavy atom. The van der Waals surface area contributed by atoms with Crippen molar-refractivity contribution in [1.82, 2.24) is 0 Å². The van der Waals surface area contributed by atoms with E-state index in [0.717, 1.165) is 12.8 Å². The number of hydrogen-bond donors (Lipinski definition) is 4. The molecule has 1 unspecified atom stereocenters. The number of aliphatic hydroxyl groups excluding tert-OH is 1. The first-order valence-electron chi connectivity index (χ1n) is 9.09. The van der Waals surface area contributed by atoms with Gasteiger partial charge in [0.2, 0.25) is 5.79 Å². The van der Waals surface area contributed by atoms with Crippen LogP contribution in [-0.2, 0) is 9.47 Å². The monoisotopic (exact) mass is 332 g/mol. The molecular formula is C17H32O6. The highest BCUT2D eigenvalue weighted by Crippen LogP contribution is 2.57. The topological polar surface area (TPSA) is 103 Å². The molecular weight excluding hydrogens is 300 g/mol. The molecule has 0 aromatic heterocycles. The average Bonchev–Trinajstić information content (AvgIpc) is 3.12. The molecule has 6 nitrogen and oxygen atoms in total. The number of ether oxygens (including phenoxy) is 2. The SMILES string of the molecule is CCCCCCCCCCCCC1(O)OC[C@@H](O)[C@]2(O)O[C@]12O. The van der Waals surface area contributed by atoms with E-state index >= 15 is 0 Å². The van der Waals surface area contributed by atoms with Crippen LogP contribution in [-0.4, -0.2) is 50.5 Å². The largest absolute Gasteiger partial charge is 0.385 e. The van der Waals surface area contributed by atoms with Crippen molar-refractivity contribution in [2.24, 2.45) is 0 Å². The van der Waals surface area contributed by atoms with Gasteiger partial charge >= 0.3 is 0 Å². The molecule has 4 atom stereocenters. The van der Waals surface area contributed by atoms with Crippen LogP contribution >= 0.6 is 0 Å². The van der Waals surface area contributed by atoms with Gasteiger partial charge < -0.3 is 29.9 Å². The van der Waals surface area contributed by atoms with E-state index in [0.29, 0.717) is 6.42 Å². The lowest BCUT2D eigenvalue weighted by atomic mass is 9.92. The van der Waals surface area contributed by atoms with Crippen LogP contribution in [0.3, 0.4) is 0 Å². The van der Waals surface area contributed by atoms with Crippen LogP contribution in [0.1, 0.15) is 77.6 Å². The first kappa shape index (κ1) is 19.1. The number of fused-ring (bicyclic) bond motifs is 1. The molecule has 2 fully saturated rings. The molecule has 0 amide bonds. The Labute approximate surface area is 138 Å². The van der Waals surface area contributed by atoms with Gasteiger partial charge in [-0.25, -0.2) is 0 Å². The maximum absolute atomic E-state index is 10.4. The van der Waals surface area contributed by atoms with Gasteiger partial charge in [0.05, 0.1) is 6.61 Å². The Balaban J connectivity index is 1.56. The van der Waals surface area contributed by atoms with Crippen molar-refractivity contribution in [3.05, 3.63) is 0 Å². The third kappa shape index (κ3) is 3.89. The van der Waals surface area contributed by atoms with Crippen LogP contribution in [0.2, 0.25) is 0 Å². The summed E-state index contributed by atoms with van der Waals surface area (Å²) >= 11 is 0. The summed E-state index contributed by atoms with van der Waals surface area (Å²) in [4.78, 5) is 0. The quantitative estimate of drug-likeness (QED) is 0.340. The second-order valence-corrected chi connectivity index (χ2v) is 6.99. The fourth-order valence-electron chi connectivity index (χ4n) is 3.37. The molecule has 0 aromatic carbocycles. The fraction of sp³-hybridized carbons (Fsp3) is 1.00. The molecule has 0 aromatic rings. The zero-order valence-electron chi connectivity index (χ0n) is 14.2. The molecule has 2 aliphatic rings. The predicted molar refractivity (Wildman–Crippen MR) is 84.4 cm³/mol. The van der Waals surface area contributed by atoms with E-state index in [1.54, 1.807) is 0 Å². The van der Waals surface area contributed by atoms with Crippen molar-refractivity contribution in [1.29, 1.82) is 0 Å². The second-order valence-electron chi connectivity index (χ2n) is 6.99. The van der Waals surface area contributed by atoms with Crippen LogP contribution in [0.25, 0.3) is 0 Å². The van der Waals surface area contributed by atoms with E-state index in [4.69, 9.17) is 9.47 Å². The first-order valence-corrected chi connectivity index (χ1v) is 9.09. The summed E-state index contributed by atoms with van der Waals surface area (Å²) in [5.41, 5.74) is 0. The molecule has 0 bridgehead atoms. The lowest BCUT2D eigenvalue weighted by Crippen LogP contribution is -2.60. The average molecular weight is 332 g/mol. The Hall–Kier alpha value is -0.240. The van der Waals surface area contributed by atoms with Gasteiger partial charge in [0.1, 0.15) is 6.10 Å². The van der Waals surface area contributed by atoms with Crippen molar-refractivity contribution < 1.29 is 29.9 Å². The molecule has 2 heterocycles. The van der Waals surface area contributed by atoms with Crippen molar-refractivity contribution in [3.63, 3.8) is 0 Å². The minimum atomic E-state index is -2.21. The van der Waals surface area contributed by atoms with Gasteiger partial charge in [0.15, 0.2) is 0 Å². The molecule has 0 spiro atoms. The zero-order chi connectivity index (χ0) is 17.0. The van der Waals surface area contributed by atoms with Gasteiger partial charge in [-0.1, -0.05) is 64.7 Å². The number of epoxide rings is 1. The molecule has 2 rings (SSSR count). The molecule has 0 radical (unpaired) electrons. The number of hydrogen-bond acceptors (Lipinski definition) is 6. The van der Waals surface area contributed by atoms with E-state index in [9.17, 15) is 20.4 Å². The minimum absolute atomic E-state index is 0.176. The van der Waals surface area contributed by atoms with Crippen molar-refractivity contribution in [3.8, 4) is 0 Å². The van der Waals surface area contributed by atoms with Crippen LogP contribution in [0.15, 0.2) is 0 Å². The zero-order valence-corrected chi connectivity index (χ0v) is 14.2. The predicted octanol–water partition coefficient (Wildman–Crippen LogP) is 1.78. The summed E-state index contributed by atoms with van der Waals surface area (Å²) in [6, 6.07) is 0. The first-order chi connectivity index (χ1) is 10.9. The maximum atomic E-state index is 10.4. The Morgan fingerprint density at radius 3 is 1.96 bits per heavy atom. The molecule has 23 heavy (non-hydrogen) atoms. The summed E-state index contributed by atoms with van der Waals surface area (Å²) in [5, 5.41) is 40.0. The summed E-state index contributed by atoms with van der Waals surface area (Å²) < 4.78 is 9.96. The Bertz CT molecular complexity index is 378. The molecule has 6 heteroatoms. The molecule has 2 aliphatic heterocycles. The minimum Gasteiger partial charge on any atom is -0.385 e. The fourth-order valence-corrected chi connectivity index (χ4v) is 3.37. The van der Waals surface area contributed by atoms with Crippen molar-refractivity contribution in [2.45, 2.75) is 101 Å². The number of rotatable bonds is 11. The normalized spacial score (nSPS) is 39.3. The lowest BCUT2D eigenvalue weighted by Gasteiger charge is -2.37. The highest BCUT2D eigenvalue weighted by molar-refractivity contribution is 5.15. The van der Waals surface area contributed by atoms with Gasteiger partial charge in [0, 0.05) is 6.42 Å². The second kappa shape index (κ2) is 7.76. The van der Waals surface area contributed by atoms with Crippen LogP contribution in [0, 0.1) is 0 Å². The number of unbranched alkanes of at least 4 members (excludes halogenated alkanes) is 9. The third-order valence-corrected chi connectivity index (χ3v) is 5.08. The summed E-state index contributed by atoms with van der Waals surface area (Å²) in [7, 11) is 0. The molecule has 2 saturated heterocycles. The smallest absolute Gasteiger partial charge is 0.282 e. The van der Waals surface area contributed by atoms with E-state index in [2.05, 4.69) is 6.92 Å². The van der Waals surface area contributed by atoms with E-state index in [-0.39, 0.29) is 13.0 Å². The van der Waals surface area contributed by atoms with Gasteiger partial charge in [-0.3, -0.25) is 0 Å². The maximum Gasteiger partial charge on any atom is 0.282 e. The van der Waals surface area contributed by atoms with Gasteiger partial charge in [0.25, 0.3) is 11.6 Å². The standard InChI is InChI=1S/C17H32O6/c1-2-3-4-5-6-7-8-9-10-11-12-15(19)17(21)16(20,23-17)14(18)13-22-15/h14,18-21H,2-13H2,1H3/t14-,15?,16+,17-/m1/s1. The number of aliphatic hydroxyl groups is 4. The van der Waals surface area contributed by atoms with Gasteiger partial charge in [-0.2, -0.15) is 0 Å². The molecule has 0 saturated carbocycles. The molecule has 4 N–H and O–H groups in total. The van der Waals surface area contributed by atoms with Crippen molar-refractivity contribution >= 4 is 0 Å². The molecule has 136 valence electrons. The summed E-state index contributed by atoms with van der Waals surface area (Å²) in [6.07, 6.45) is 10.4. The van der Waals surface area contributed by atoms with E-state index in [1.165, 1.54) is 44.9 Å². The Kier molecular flexibility index (Phi) is 6.44. The lowest BCUT2D eigenvalue weighted by molar-refractivity contribution is -0.331. The van der Waals surface area contributed by atoms with Crippen LogP contribution in [0.4, 0.5) is 0 Å². The third-order valence-electron chi connectivity index (χ3n) is 5.08. The Morgan fingerprint density at radius 2 is 1.39 bits per heavy atom. The van der Waals surface area contributed by atoms with Crippen molar-refractivity contribution in [2.75, 3.05) is 6.61 Å². The van der Waals surface area contributed by atoms with Gasteiger partial charge in [-0.15, -0.1) is 0 Å². The summed E-state index contributed by atoms with van der Waals surface area (Å²) in [5.74, 6) is -6.25. The van der Waals surface area contributed by atoms with Crippen LogP contribution < -0.4 is 0 Å². The molecule has 0 aliphatic carbocycles. The highest BCUT2D eigenvalue weighted by atomic mass is 16.9. The summed E-state index contributed by atoms with van der Waals surface area (Å²) in [6.45, 7) is 1.96. The van der Waals surface area contributed by atoms with E-state index < -0.39 is 23.5 Å². The van der Waals surface area contributed by atoms with E-state index in [1.807, 2.05) is 0 Å². The van der Waals surface area contributed by atoms with Gasteiger partial charge in [-0.05, 0) is 6.42 Å².